The van der Waals surface area contributed by atoms with Gasteiger partial charge in [0, 0.05) is 6.54 Å². The van der Waals surface area contributed by atoms with Crippen LogP contribution in [0.25, 0.3) is 0 Å². The zero-order valence-electron chi connectivity index (χ0n) is 10.6. The highest BCUT2D eigenvalue weighted by Gasteiger charge is 2.23. The SMILES string of the molecule is CCCn1ncc(Cl)c1C(N)C(C)C(C)C. The molecule has 0 spiro atoms. The molecule has 0 aliphatic carbocycles. The Balaban J connectivity index is 2.96. The van der Waals surface area contributed by atoms with Crippen molar-refractivity contribution < 1.29 is 0 Å². The van der Waals surface area contributed by atoms with E-state index in [1.54, 1.807) is 6.20 Å². The van der Waals surface area contributed by atoms with Gasteiger partial charge in [-0.25, -0.2) is 0 Å². The lowest BCUT2D eigenvalue weighted by Gasteiger charge is -2.24. The second-order valence-corrected chi connectivity index (χ2v) is 5.14. The average Bonchev–Trinajstić information content (AvgIpc) is 2.58. The molecule has 0 saturated heterocycles. The summed E-state index contributed by atoms with van der Waals surface area (Å²) in [6.45, 7) is 9.52. The number of nitrogens with zero attached hydrogens (tertiary/aromatic N) is 2. The maximum Gasteiger partial charge on any atom is 0.0834 e. The van der Waals surface area contributed by atoms with Gasteiger partial charge in [-0.2, -0.15) is 5.10 Å². The van der Waals surface area contributed by atoms with Crippen LogP contribution in [0.15, 0.2) is 6.20 Å². The van der Waals surface area contributed by atoms with Gasteiger partial charge in [0.25, 0.3) is 0 Å². The number of nitrogens with two attached hydrogens (primary N) is 1. The summed E-state index contributed by atoms with van der Waals surface area (Å²) in [5.74, 6) is 0.931. The summed E-state index contributed by atoms with van der Waals surface area (Å²) in [6.07, 6.45) is 2.73. The minimum atomic E-state index is -0.0402. The Morgan fingerprint density at radius 3 is 2.56 bits per heavy atom. The van der Waals surface area contributed by atoms with Crippen LogP contribution < -0.4 is 5.73 Å². The number of aryl methyl sites for hydroxylation is 1. The van der Waals surface area contributed by atoms with Gasteiger partial charge in [-0.1, -0.05) is 39.3 Å². The quantitative estimate of drug-likeness (QED) is 0.863. The summed E-state index contributed by atoms with van der Waals surface area (Å²) >= 11 is 6.16. The van der Waals surface area contributed by atoms with Crippen LogP contribution in [0, 0.1) is 11.8 Å². The number of aromatic nitrogens is 2. The van der Waals surface area contributed by atoms with E-state index in [9.17, 15) is 0 Å². The lowest BCUT2D eigenvalue weighted by molar-refractivity contribution is 0.336. The molecule has 3 nitrogen and oxygen atoms in total. The molecular weight excluding hydrogens is 222 g/mol. The zero-order valence-corrected chi connectivity index (χ0v) is 11.3. The second-order valence-electron chi connectivity index (χ2n) is 4.73. The summed E-state index contributed by atoms with van der Waals surface area (Å²) in [5.41, 5.74) is 7.25. The smallest absolute Gasteiger partial charge is 0.0834 e. The van der Waals surface area contributed by atoms with Crippen molar-refractivity contribution in [1.82, 2.24) is 9.78 Å². The fourth-order valence-corrected chi connectivity index (χ4v) is 2.02. The van der Waals surface area contributed by atoms with E-state index in [0.29, 0.717) is 16.9 Å². The van der Waals surface area contributed by atoms with Gasteiger partial charge < -0.3 is 5.73 Å². The van der Waals surface area contributed by atoms with Crippen LogP contribution in [0.2, 0.25) is 5.02 Å². The molecule has 1 rings (SSSR count). The molecule has 16 heavy (non-hydrogen) atoms. The van der Waals surface area contributed by atoms with Gasteiger partial charge >= 0.3 is 0 Å². The Kier molecular flexibility index (Phi) is 4.81. The van der Waals surface area contributed by atoms with Crippen molar-refractivity contribution in [2.24, 2.45) is 17.6 Å². The molecule has 0 aromatic carbocycles. The molecule has 0 radical (unpaired) electrons. The Labute approximate surface area is 103 Å². The van der Waals surface area contributed by atoms with Gasteiger partial charge in [-0.15, -0.1) is 0 Å². The van der Waals surface area contributed by atoms with E-state index >= 15 is 0 Å². The van der Waals surface area contributed by atoms with Crippen LogP contribution in [0.1, 0.15) is 45.9 Å². The molecule has 1 aromatic heterocycles. The monoisotopic (exact) mass is 243 g/mol. The molecule has 2 N–H and O–H groups in total. The van der Waals surface area contributed by atoms with Crippen molar-refractivity contribution in [1.29, 1.82) is 0 Å². The molecule has 0 aliphatic rings. The molecular formula is C12H22ClN3. The normalized spacial score (nSPS) is 15.4. The molecule has 2 atom stereocenters. The average molecular weight is 244 g/mol. The predicted octanol–water partition coefficient (Wildman–Crippen LogP) is 3.24. The van der Waals surface area contributed by atoms with Gasteiger partial charge in [0.2, 0.25) is 0 Å². The van der Waals surface area contributed by atoms with Crippen LogP contribution in [-0.2, 0) is 6.54 Å². The molecule has 92 valence electrons. The first-order valence-corrected chi connectivity index (χ1v) is 6.33. The van der Waals surface area contributed by atoms with Crippen molar-refractivity contribution >= 4 is 11.6 Å². The minimum Gasteiger partial charge on any atom is -0.322 e. The highest BCUT2D eigenvalue weighted by Crippen LogP contribution is 2.30. The summed E-state index contributed by atoms with van der Waals surface area (Å²) in [5, 5.41) is 4.96. The minimum absolute atomic E-state index is 0.0402. The second kappa shape index (κ2) is 5.69. The molecule has 1 aromatic rings. The summed E-state index contributed by atoms with van der Waals surface area (Å²) in [4.78, 5) is 0. The van der Waals surface area contributed by atoms with E-state index < -0.39 is 0 Å². The molecule has 4 heteroatoms. The fraction of sp³-hybridized carbons (Fsp3) is 0.750. The van der Waals surface area contributed by atoms with Crippen LogP contribution in [0.5, 0.6) is 0 Å². The van der Waals surface area contributed by atoms with E-state index in [4.69, 9.17) is 17.3 Å². The largest absolute Gasteiger partial charge is 0.322 e. The van der Waals surface area contributed by atoms with Crippen LogP contribution >= 0.6 is 11.6 Å². The van der Waals surface area contributed by atoms with Gasteiger partial charge in [0.1, 0.15) is 0 Å². The first-order valence-electron chi connectivity index (χ1n) is 5.95. The Morgan fingerprint density at radius 2 is 2.06 bits per heavy atom. The number of rotatable bonds is 5. The maximum atomic E-state index is 6.27. The molecule has 0 saturated carbocycles. The van der Waals surface area contributed by atoms with Crippen molar-refractivity contribution in [3.05, 3.63) is 16.9 Å². The standard InChI is InChI=1S/C12H22ClN3/c1-5-6-16-12(10(13)7-15-16)11(14)9(4)8(2)3/h7-9,11H,5-6,14H2,1-4H3. The van der Waals surface area contributed by atoms with E-state index in [1.807, 2.05) is 4.68 Å². The lowest BCUT2D eigenvalue weighted by atomic mass is 9.89. The van der Waals surface area contributed by atoms with Crippen LogP contribution in [0.3, 0.4) is 0 Å². The van der Waals surface area contributed by atoms with E-state index in [2.05, 4.69) is 32.8 Å². The van der Waals surface area contributed by atoms with E-state index in [1.165, 1.54) is 0 Å². The first-order chi connectivity index (χ1) is 7.49. The fourth-order valence-electron chi connectivity index (χ4n) is 1.76. The van der Waals surface area contributed by atoms with Crippen molar-refractivity contribution in [2.75, 3.05) is 0 Å². The van der Waals surface area contributed by atoms with Gasteiger partial charge in [-0.05, 0) is 18.3 Å². The Bertz CT molecular complexity index is 333. The van der Waals surface area contributed by atoms with Crippen molar-refractivity contribution in [3.8, 4) is 0 Å². The highest BCUT2D eigenvalue weighted by molar-refractivity contribution is 6.31. The number of halogens is 1. The third kappa shape index (κ3) is 2.77. The van der Waals surface area contributed by atoms with E-state index in [-0.39, 0.29) is 6.04 Å². The zero-order chi connectivity index (χ0) is 12.3. The van der Waals surface area contributed by atoms with Gasteiger partial charge in [0.15, 0.2) is 0 Å². The van der Waals surface area contributed by atoms with Gasteiger partial charge in [-0.3, -0.25) is 4.68 Å². The van der Waals surface area contributed by atoms with Crippen molar-refractivity contribution in [2.45, 2.75) is 46.7 Å². The molecule has 1 heterocycles. The third-order valence-corrected chi connectivity index (χ3v) is 3.49. The van der Waals surface area contributed by atoms with E-state index in [0.717, 1.165) is 18.7 Å². The topological polar surface area (TPSA) is 43.8 Å². The summed E-state index contributed by atoms with van der Waals surface area (Å²) in [6, 6.07) is -0.0402. The number of hydrogen-bond donors (Lipinski definition) is 1. The first kappa shape index (κ1) is 13.5. The van der Waals surface area contributed by atoms with Gasteiger partial charge in [0.05, 0.1) is 23.0 Å². The highest BCUT2D eigenvalue weighted by atomic mass is 35.5. The molecule has 0 fully saturated rings. The van der Waals surface area contributed by atoms with Crippen LogP contribution in [-0.4, -0.2) is 9.78 Å². The summed E-state index contributed by atoms with van der Waals surface area (Å²) in [7, 11) is 0. The number of hydrogen-bond acceptors (Lipinski definition) is 2. The molecule has 0 aliphatic heterocycles. The maximum absolute atomic E-state index is 6.27. The Morgan fingerprint density at radius 1 is 1.44 bits per heavy atom. The van der Waals surface area contributed by atoms with Crippen molar-refractivity contribution in [3.63, 3.8) is 0 Å². The lowest BCUT2D eigenvalue weighted by Crippen LogP contribution is -2.26. The summed E-state index contributed by atoms with van der Waals surface area (Å²) < 4.78 is 1.94. The predicted molar refractivity (Wildman–Crippen MR) is 68.5 cm³/mol. The third-order valence-electron chi connectivity index (χ3n) is 3.20. The molecule has 2 unspecified atom stereocenters. The van der Waals surface area contributed by atoms with Crippen LogP contribution in [0.4, 0.5) is 0 Å². The molecule has 0 bridgehead atoms. The molecule has 0 amide bonds. The Hall–Kier alpha value is -0.540.